The van der Waals surface area contributed by atoms with Gasteiger partial charge in [0, 0.05) is 11.8 Å². The summed E-state index contributed by atoms with van der Waals surface area (Å²) >= 11 is 0. The maximum atomic E-state index is 10.7. The van der Waals surface area contributed by atoms with Crippen LogP contribution < -0.4 is 5.73 Å². The zero-order valence-electron chi connectivity index (χ0n) is 9.95. The van der Waals surface area contributed by atoms with Crippen LogP contribution in [0.2, 0.25) is 0 Å². The van der Waals surface area contributed by atoms with E-state index in [1.165, 1.54) is 0 Å². The molecule has 1 heterocycles. The third-order valence-electron chi connectivity index (χ3n) is 2.50. The summed E-state index contributed by atoms with van der Waals surface area (Å²) in [7, 11) is 0. The number of aromatic amines is 1. The highest BCUT2D eigenvalue weighted by molar-refractivity contribution is 5.85. The van der Waals surface area contributed by atoms with E-state index in [1.54, 1.807) is 6.20 Å². The molecule has 1 aromatic carbocycles. The van der Waals surface area contributed by atoms with Gasteiger partial charge in [-0.15, -0.1) is 24.8 Å². The molecule has 0 fully saturated rings. The third-order valence-corrected chi connectivity index (χ3v) is 2.50. The Morgan fingerprint density at radius 2 is 2.11 bits per heavy atom. The summed E-state index contributed by atoms with van der Waals surface area (Å²) in [6.07, 6.45) is 2.05. The van der Waals surface area contributed by atoms with Crippen LogP contribution in [-0.2, 0) is 11.2 Å². The molecule has 0 spiro atoms. The smallest absolute Gasteiger partial charge is 0.320 e. The van der Waals surface area contributed by atoms with Crippen molar-refractivity contribution >= 4 is 30.8 Å². The summed E-state index contributed by atoms with van der Waals surface area (Å²) in [6, 6.07) is 8.54. The highest BCUT2D eigenvalue weighted by Gasteiger charge is 2.12. The van der Waals surface area contributed by atoms with Gasteiger partial charge in [-0.2, -0.15) is 5.10 Å². The molecular formula is C12H15Cl2N3O2. The summed E-state index contributed by atoms with van der Waals surface area (Å²) < 4.78 is 0. The van der Waals surface area contributed by atoms with Crippen LogP contribution in [0.1, 0.15) is 5.56 Å². The van der Waals surface area contributed by atoms with E-state index in [0.29, 0.717) is 6.42 Å². The normalized spacial score (nSPS) is 11.0. The molecule has 0 aliphatic carbocycles. The van der Waals surface area contributed by atoms with Crippen LogP contribution in [0.3, 0.4) is 0 Å². The average Bonchev–Trinajstić information content (AvgIpc) is 2.82. The Balaban J connectivity index is 0.00000162. The zero-order chi connectivity index (χ0) is 12.3. The van der Waals surface area contributed by atoms with Gasteiger partial charge >= 0.3 is 5.97 Å². The highest BCUT2D eigenvalue weighted by atomic mass is 35.5. The van der Waals surface area contributed by atoms with Gasteiger partial charge in [0.2, 0.25) is 0 Å². The van der Waals surface area contributed by atoms with Crippen molar-refractivity contribution < 1.29 is 9.90 Å². The van der Waals surface area contributed by atoms with Gasteiger partial charge in [-0.05, 0) is 24.1 Å². The lowest BCUT2D eigenvalue weighted by Gasteiger charge is -2.07. The summed E-state index contributed by atoms with van der Waals surface area (Å²) in [6.45, 7) is 0. The second-order valence-electron chi connectivity index (χ2n) is 3.81. The maximum Gasteiger partial charge on any atom is 0.320 e. The largest absolute Gasteiger partial charge is 0.480 e. The fourth-order valence-corrected chi connectivity index (χ4v) is 1.62. The van der Waals surface area contributed by atoms with Gasteiger partial charge in [0.25, 0.3) is 0 Å². The van der Waals surface area contributed by atoms with Crippen LogP contribution in [0, 0.1) is 0 Å². The molecule has 19 heavy (non-hydrogen) atoms. The zero-order valence-corrected chi connectivity index (χ0v) is 11.6. The van der Waals surface area contributed by atoms with Crippen molar-refractivity contribution in [3.05, 3.63) is 42.1 Å². The predicted molar refractivity (Wildman–Crippen MR) is 77.8 cm³/mol. The Labute approximate surface area is 123 Å². The van der Waals surface area contributed by atoms with Gasteiger partial charge < -0.3 is 10.8 Å². The van der Waals surface area contributed by atoms with Crippen LogP contribution in [0.5, 0.6) is 0 Å². The van der Waals surface area contributed by atoms with E-state index in [2.05, 4.69) is 10.2 Å². The minimum absolute atomic E-state index is 0. The number of carboxylic acids is 1. The minimum Gasteiger partial charge on any atom is -0.480 e. The van der Waals surface area contributed by atoms with Crippen molar-refractivity contribution in [2.75, 3.05) is 0 Å². The number of carboxylic acid groups (broad SMARTS) is 1. The number of nitrogens with one attached hydrogen (secondary N) is 1. The Morgan fingerprint density at radius 1 is 1.37 bits per heavy atom. The van der Waals surface area contributed by atoms with E-state index in [-0.39, 0.29) is 24.8 Å². The van der Waals surface area contributed by atoms with Gasteiger partial charge in [0.05, 0.1) is 5.69 Å². The molecule has 104 valence electrons. The summed E-state index contributed by atoms with van der Waals surface area (Å²) in [4.78, 5) is 10.7. The fourth-order valence-electron chi connectivity index (χ4n) is 1.62. The first-order chi connectivity index (χ1) is 8.16. The number of aromatic nitrogens is 2. The molecule has 0 aliphatic heterocycles. The Morgan fingerprint density at radius 3 is 2.68 bits per heavy atom. The lowest BCUT2D eigenvalue weighted by Crippen LogP contribution is -2.32. The first-order valence-corrected chi connectivity index (χ1v) is 5.24. The number of rotatable bonds is 4. The molecule has 0 radical (unpaired) electrons. The second kappa shape index (κ2) is 7.78. The SMILES string of the molecule is Cl.Cl.N[C@H](Cc1cccc(-c2cc[nH]n2)c1)C(=O)O. The quantitative estimate of drug-likeness (QED) is 0.804. The van der Waals surface area contributed by atoms with E-state index in [1.807, 2.05) is 30.3 Å². The molecule has 7 heteroatoms. The van der Waals surface area contributed by atoms with Crippen molar-refractivity contribution in [1.82, 2.24) is 10.2 Å². The molecule has 0 saturated carbocycles. The number of hydrogen-bond acceptors (Lipinski definition) is 3. The van der Waals surface area contributed by atoms with Crippen molar-refractivity contribution in [3.8, 4) is 11.3 Å². The Kier molecular flexibility index (Phi) is 7.14. The van der Waals surface area contributed by atoms with Crippen LogP contribution in [0.25, 0.3) is 11.3 Å². The van der Waals surface area contributed by atoms with E-state index < -0.39 is 12.0 Å². The van der Waals surface area contributed by atoms with E-state index in [9.17, 15) is 4.79 Å². The molecule has 1 aromatic heterocycles. The third kappa shape index (κ3) is 4.55. The lowest BCUT2D eigenvalue weighted by molar-refractivity contribution is -0.138. The van der Waals surface area contributed by atoms with E-state index in [4.69, 9.17) is 10.8 Å². The van der Waals surface area contributed by atoms with Crippen LogP contribution >= 0.6 is 24.8 Å². The van der Waals surface area contributed by atoms with Crippen molar-refractivity contribution in [3.63, 3.8) is 0 Å². The van der Waals surface area contributed by atoms with Crippen LogP contribution in [0.4, 0.5) is 0 Å². The molecule has 1 atom stereocenters. The number of carbonyl (C=O) groups is 1. The predicted octanol–water partition coefficient (Wildman–Crippen LogP) is 1.87. The number of aliphatic carboxylic acids is 1. The molecule has 0 saturated heterocycles. The second-order valence-corrected chi connectivity index (χ2v) is 3.81. The fraction of sp³-hybridized carbons (Fsp3) is 0.167. The van der Waals surface area contributed by atoms with Gasteiger partial charge in [-0.3, -0.25) is 9.89 Å². The molecule has 5 nitrogen and oxygen atoms in total. The first kappa shape index (κ1) is 17.4. The van der Waals surface area contributed by atoms with E-state index in [0.717, 1.165) is 16.8 Å². The molecule has 0 bridgehead atoms. The highest BCUT2D eigenvalue weighted by Crippen LogP contribution is 2.18. The monoisotopic (exact) mass is 303 g/mol. The summed E-state index contributed by atoms with van der Waals surface area (Å²) in [5.41, 5.74) is 8.16. The molecule has 2 aromatic rings. The molecule has 4 N–H and O–H groups in total. The van der Waals surface area contributed by atoms with Crippen LogP contribution in [-0.4, -0.2) is 27.3 Å². The number of hydrogen-bond donors (Lipinski definition) is 3. The van der Waals surface area contributed by atoms with Gasteiger partial charge in [0.15, 0.2) is 0 Å². The molecule has 0 amide bonds. The number of halogens is 2. The topological polar surface area (TPSA) is 92.0 Å². The number of nitrogens with zero attached hydrogens (tertiary/aromatic N) is 1. The summed E-state index contributed by atoms with van der Waals surface area (Å²) in [5, 5.41) is 15.6. The maximum absolute atomic E-state index is 10.7. The standard InChI is InChI=1S/C12H13N3O2.2ClH/c13-10(12(16)17)7-8-2-1-3-9(6-8)11-4-5-14-15-11;;/h1-6,10H,7,13H2,(H,14,15)(H,16,17);2*1H/t10-;;/m1../s1. The van der Waals surface area contributed by atoms with Gasteiger partial charge in [-0.1, -0.05) is 18.2 Å². The Hall–Kier alpha value is -1.56. The van der Waals surface area contributed by atoms with E-state index >= 15 is 0 Å². The molecule has 2 rings (SSSR count). The van der Waals surface area contributed by atoms with Crippen LogP contribution in [0.15, 0.2) is 36.5 Å². The average molecular weight is 304 g/mol. The van der Waals surface area contributed by atoms with Gasteiger partial charge in [0.1, 0.15) is 6.04 Å². The molecule has 0 aliphatic rings. The van der Waals surface area contributed by atoms with Crippen molar-refractivity contribution in [2.45, 2.75) is 12.5 Å². The number of nitrogens with two attached hydrogens (primary N) is 1. The minimum atomic E-state index is -0.991. The molecule has 0 unspecified atom stereocenters. The number of H-pyrrole nitrogens is 1. The lowest BCUT2D eigenvalue weighted by atomic mass is 10.0. The number of benzene rings is 1. The van der Waals surface area contributed by atoms with Crippen molar-refractivity contribution in [2.24, 2.45) is 5.73 Å². The van der Waals surface area contributed by atoms with Gasteiger partial charge in [-0.25, -0.2) is 0 Å². The Bertz CT molecular complexity index is 517. The van der Waals surface area contributed by atoms with Crippen molar-refractivity contribution in [1.29, 1.82) is 0 Å². The molecular weight excluding hydrogens is 289 g/mol. The first-order valence-electron chi connectivity index (χ1n) is 5.24. The summed E-state index contributed by atoms with van der Waals surface area (Å²) in [5.74, 6) is -0.991.